The van der Waals surface area contributed by atoms with Crippen LogP contribution in [-0.4, -0.2) is 52.5 Å². The molecule has 1 aliphatic heterocycles. The van der Waals surface area contributed by atoms with Gasteiger partial charge in [-0.25, -0.2) is 9.59 Å². The molecule has 1 aliphatic rings. The van der Waals surface area contributed by atoms with E-state index in [1.807, 2.05) is 43.5 Å². The highest BCUT2D eigenvalue weighted by Crippen LogP contribution is 2.34. The number of aromatic nitrogens is 2. The first-order valence-electron chi connectivity index (χ1n) is 14.2. The summed E-state index contributed by atoms with van der Waals surface area (Å²) in [6, 6.07) is 19.5. The van der Waals surface area contributed by atoms with E-state index in [2.05, 4.69) is 59.2 Å². The lowest BCUT2D eigenvalue weighted by molar-refractivity contribution is -0.940. The Labute approximate surface area is 241 Å². The normalized spacial score (nSPS) is 17.1. The summed E-state index contributed by atoms with van der Waals surface area (Å²) in [7, 11) is 2.12. The van der Waals surface area contributed by atoms with Gasteiger partial charge in [-0.1, -0.05) is 48.0 Å². The fraction of sp³-hybridized carbons (Fsp3) is 0.364. The number of hydrogen-bond donors (Lipinski definition) is 1. The molecule has 4 aromatic rings. The predicted octanol–water partition coefficient (Wildman–Crippen LogP) is 5.21. The number of carbonyl (C=O) groups is 2. The number of esters is 1. The number of hydrogen-bond acceptors (Lipinski definition) is 5. The molecule has 0 fully saturated rings. The number of quaternary nitrogens is 1. The van der Waals surface area contributed by atoms with Crippen LogP contribution in [0.15, 0.2) is 66.9 Å². The molecule has 2 atom stereocenters. The van der Waals surface area contributed by atoms with Gasteiger partial charge in [0.15, 0.2) is 0 Å². The highest BCUT2D eigenvalue weighted by Gasteiger charge is 2.34. The quantitative estimate of drug-likeness (QED) is 0.226. The summed E-state index contributed by atoms with van der Waals surface area (Å²) < 4.78 is 14.0. The number of carbonyl (C=O) groups excluding carboxylic acids is 2. The molecule has 1 N–H and O–H groups in total. The van der Waals surface area contributed by atoms with Crippen molar-refractivity contribution in [1.82, 2.24) is 14.9 Å². The van der Waals surface area contributed by atoms with E-state index in [0.29, 0.717) is 4.48 Å². The second kappa shape index (κ2) is 12.1. The van der Waals surface area contributed by atoms with Crippen LogP contribution in [0.1, 0.15) is 40.6 Å². The maximum absolute atomic E-state index is 12.6. The van der Waals surface area contributed by atoms with Gasteiger partial charge in [0.05, 0.1) is 13.6 Å². The Morgan fingerprint density at radius 2 is 1.85 bits per heavy atom. The van der Waals surface area contributed by atoms with Crippen molar-refractivity contribution in [3.63, 3.8) is 0 Å². The van der Waals surface area contributed by atoms with Crippen LogP contribution in [-0.2, 0) is 46.8 Å². The zero-order chi connectivity index (χ0) is 29.0. The van der Waals surface area contributed by atoms with Crippen molar-refractivity contribution >= 4 is 23.0 Å². The summed E-state index contributed by atoms with van der Waals surface area (Å²) in [6.45, 7) is 8.59. The highest BCUT2D eigenvalue weighted by atomic mass is 16.6. The molecular weight excluding hydrogens is 516 g/mol. The van der Waals surface area contributed by atoms with Crippen LogP contribution in [0, 0.1) is 13.8 Å². The topological polar surface area (TPSA) is 82.5 Å². The first kappa shape index (κ1) is 28.4. The van der Waals surface area contributed by atoms with Crippen molar-refractivity contribution < 1.29 is 23.5 Å². The molecule has 1 amide bonds. The van der Waals surface area contributed by atoms with E-state index in [1.54, 1.807) is 6.92 Å². The molecule has 2 aromatic heterocycles. The molecule has 0 saturated carbocycles. The fourth-order valence-corrected chi connectivity index (χ4v) is 5.49. The van der Waals surface area contributed by atoms with Crippen molar-refractivity contribution in [3.8, 4) is 0 Å². The van der Waals surface area contributed by atoms with Gasteiger partial charge in [0.2, 0.25) is 6.73 Å². The van der Waals surface area contributed by atoms with Gasteiger partial charge in [-0.15, -0.1) is 0 Å². The number of rotatable bonds is 9. The molecule has 0 spiro atoms. The molecule has 0 aliphatic carbocycles. The molecule has 0 saturated heterocycles. The molecular formula is C33H39N4O4+. The number of ether oxygens (including phenoxy) is 2. The third-order valence-corrected chi connectivity index (χ3v) is 7.89. The number of pyridine rings is 1. The Morgan fingerprint density at radius 3 is 2.61 bits per heavy atom. The first-order valence-corrected chi connectivity index (χ1v) is 14.2. The van der Waals surface area contributed by atoms with Crippen LogP contribution in [0.2, 0.25) is 0 Å². The Morgan fingerprint density at radius 1 is 1.05 bits per heavy atom. The first-order chi connectivity index (χ1) is 19.7. The lowest BCUT2D eigenvalue weighted by atomic mass is 10.0. The number of nitrogens with one attached hydrogen (secondary N) is 1. The Balaban J connectivity index is 1.22. The summed E-state index contributed by atoms with van der Waals surface area (Å²) in [5, 5.41) is 3.88. The monoisotopic (exact) mass is 555 g/mol. The SMILES string of the molecule is Cc1ccc2c(c1)c1c(n2CCc2ccc(C)nc2)CC[N+](C)(COC(=O)NC(C)C(=O)OCc2ccccc2)C1. The van der Waals surface area contributed by atoms with Crippen LogP contribution in [0.25, 0.3) is 10.9 Å². The smallest absolute Gasteiger partial charge is 0.412 e. The van der Waals surface area contributed by atoms with Gasteiger partial charge < -0.3 is 19.4 Å². The van der Waals surface area contributed by atoms with E-state index >= 15 is 0 Å². The highest BCUT2D eigenvalue weighted by molar-refractivity contribution is 5.86. The third-order valence-electron chi connectivity index (χ3n) is 7.89. The van der Waals surface area contributed by atoms with E-state index in [-0.39, 0.29) is 13.3 Å². The Hall–Kier alpha value is -4.17. The molecule has 8 heteroatoms. The van der Waals surface area contributed by atoms with Gasteiger partial charge in [-0.3, -0.25) is 9.47 Å². The lowest BCUT2D eigenvalue weighted by Crippen LogP contribution is -2.51. The second-order valence-corrected chi connectivity index (χ2v) is 11.4. The van der Waals surface area contributed by atoms with E-state index in [0.717, 1.165) is 43.7 Å². The summed E-state index contributed by atoms with van der Waals surface area (Å²) >= 11 is 0. The van der Waals surface area contributed by atoms with Gasteiger partial charge >= 0.3 is 12.1 Å². The Bertz CT molecular complexity index is 1530. The molecule has 0 radical (unpaired) electrons. The van der Waals surface area contributed by atoms with Crippen molar-refractivity contribution in [1.29, 1.82) is 0 Å². The molecule has 3 heterocycles. The van der Waals surface area contributed by atoms with Crippen LogP contribution in [0.3, 0.4) is 0 Å². The van der Waals surface area contributed by atoms with Crippen LogP contribution in [0.4, 0.5) is 4.79 Å². The molecule has 41 heavy (non-hydrogen) atoms. The van der Waals surface area contributed by atoms with Crippen LogP contribution in [0.5, 0.6) is 0 Å². The zero-order valence-electron chi connectivity index (χ0n) is 24.4. The van der Waals surface area contributed by atoms with Gasteiger partial charge in [0, 0.05) is 47.0 Å². The van der Waals surface area contributed by atoms with E-state index in [4.69, 9.17) is 9.47 Å². The summed E-state index contributed by atoms with van der Waals surface area (Å²) in [5.74, 6) is -0.501. The largest absolute Gasteiger partial charge is 0.459 e. The van der Waals surface area contributed by atoms with Crippen LogP contribution < -0.4 is 5.32 Å². The number of nitrogens with zero attached hydrogens (tertiary/aromatic N) is 3. The molecule has 5 rings (SSSR count). The van der Waals surface area contributed by atoms with E-state index < -0.39 is 18.1 Å². The minimum absolute atomic E-state index is 0.160. The summed E-state index contributed by atoms with van der Waals surface area (Å²) in [5.41, 5.74) is 8.30. The maximum Gasteiger partial charge on any atom is 0.412 e. The van der Waals surface area contributed by atoms with Crippen molar-refractivity contribution in [2.45, 2.75) is 59.4 Å². The standard InChI is InChI=1S/C33H38N4O4/c1-23-10-13-30-28(18-23)29-20-37(4,17-15-31(29)36(30)16-14-26-12-11-24(2)34-19-26)22-41-33(39)35-25(3)32(38)40-21-27-8-6-5-7-9-27/h5-13,18-19,25H,14-17,20-22H2,1-4H3/p+1. The average Bonchev–Trinajstić information content (AvgIpc) is 3.26. The van der Waals surface area contributed by atoms with E-state index in [9.17, 15) is 9.59 Å². The molecule has 8 nitrogen and oxygen atoms in total. The minimum Gasteiger partial charge on any atom is -0.459 e. The number of likely N-dealkylation sites (N-methyl/N-ethyl adjacent to an activating group) is 1. The summed E-state index contributed by atoms with van der Waals surface area (Å²) in [6.07, 6.45) is 3.15. The van der Waals surface area contributed by atoms with Gasteiger partial charge in [0.1, 0.15) is 19.2 Å². The average molecular weight is 556 g/mol. The van der Waals surface area contributed by atoms with Gasteiger partial charge in [0.25, 0.3) is 0 Å². The van der Waals surface area contributed by atoms with E-state index in [1.165, 1.54) is 33.3 Å². The van der Waals surface area contributed by atoms with Crippen molar-refractivity contribution in [2.24, 2.45) is 0 Å². The second-order valence-electron chi connectivity index (χ2n) is 11.4. The van der Waals surface area contributed by atoms with Gasteiger partial charge in [-0.2, -0.15) is 0 Å². The summed E-state index contributed by atoms with van der Waals surface area (Å²) in [4.78, 5) is 29.4. The predicted molar refractivity (Wildman–Crippen MR) is 158 cm³/mol. The zero-order valence-corrected chi connectivity index (χ0v) is 24.4. The number of aryl methyl sites for hydroxylation is 4. The molecule has 2 aromatic carbocycles. The number of amides is 1. The molecule has 2 unspecified atom stereocenters. The van der Waals surface area contributed by atoms with Crippen molar-refractivity contribution in [2.75, 3.05) is 20.3 Å². The Kier molecular flexibility index (Phi) is 8.40. The number of benzene rings is 2. The lowest BCUT2D eigenvalue weighted by Gasteiger charge is -2.37. The molecule has 214 valence electrons. The third kappa shape index (κ3) is 6.77. The fourth-order valence-electron chi connectivity index (χ4n) is 5.49. The maximum atomic E-state index is 12.6. The number of alkyl carbamates (subject to hydrolysis) is 1. The van der Waals surface area contributed by atoms with Crippen molar-refractivity contribution in [3.05, 3.63) is 101 Å². The van der Waals surface area contributed by atoms with Crippen LogP contribution >= 0.6 is 0 Å². The minimum atomic E-state index is -0.811. The number of fused-ring (bicyclic) bond motifs is 3. The molecule has 0 bridgehead atoms. The van der Waals surface area contributed by atoms with Gasteiger partial charge in [-0.05, 0) is 56.5 Å².